The topological polar surface area (TPSA) is 40.3 Å². The summed E-state index contributed by atoms with van der Waals surface area (Å²) in [7, 11) is 0. The maximum atomic E-state index is 10.6. The van der Waals surface area contributed by atoms with Gasteiger partial charge in [0, 0.05) is 25.0 Å². The summed E-state index contributed by atoms with van der Waals surface area (Å²) in [4.78, 5) is 10.6. The van der Waals surface area contributed by atoms with Crippen molar-refractivity contribution in [2.45, 2.75) is 58.3 Å². The molecule has 0 spiro atoms. The van der Waals surface area contributed by atoms with Crippen LogP contribution >= 0.6 is 0 Å². The summed E-state index contributed by atoms with van der Waals surface area (Å²) in [5.74, 6) is -0.688. The highest BCUT2D eigenvalue weighted by Crippen LogP contribution is 2.42. The highest BCUT2D eigenvalue weighted by atomic mass is 16.4. The van der Waals surface area contributed by atoms with Crippen LogP contribution in [0.2, 0.25) is 0 Å². The molecule has 1 aliphatic rings. The molecule has 0 amide bonds. The number of rotatable bonds is 7. The molecule has 1 N–H and O–H groups in total. The van der Waals surface area contributed by atoms with Gasteiger partial charge in [-0.1, -0.05) is 31.0 Å². The summed E-state index contributed by atoms with van der Waals surface area (Å²) in [6.07, 6.45) is 4.23. The lowest BCUT2D eigenvalue weighted by atomic mass is 9.76. The lowest BCUT2D eigenvalue weighted by Gasteiger charge is -2.22. The zero-order chi connectivity index (χ0) is 15.5. The Morgan fingerprint density at radius 3 is 2.62 bits per heavy atom. The molecule has 1 aliphatic heterocycles. The molecule has 3 heteroatoms. The second-order valence-electron chi connectivity index (χ2n) is 6.13. The molecule has 0 aromatic heterocycles. The second-order valence-corrected chi connectivity index (χ2v) is 6.13. The quantitative estimate of drug-likeness (QED) is 0.605. The van der Waals surface area contributed by atoms with Gasteiger partial charge in [-0.25, -0.2) is 0 Å². The number of benzene rings is 1. The van der Waals surface area contributed by atoms with E-state index in [4.69, 9.17) is 5.11 Å². The van der Waals surface area contributed by atoms with Gasteiger partial charge >= 0.3 is 5.97 Å². The molecule has 2 rings (SSSR count). The van der Waals surface area contributed by atoms with Crippen LogP contribution < -0.4 is 0 Å². The van der Waals surface area contributed by atoms with E-state index in [9.17, 15) is 4.79 Å². The van der Waals surface area contributed by atoms with E-state index in [0.717, 1.165) is 32.2 Å². The first-order chi connectivity index (χ1) is 10.0. The van der Waals surface area contributed by atoms with Gasteiger partial charge in [-0.15, -0.1) is 0 Å². The Hall–Kier alpha value is -1.64. The molecule has 0 saturated carbocycles. The van der Waals surface area contributed by atoms with E-state index in [1.165, 1.54) is 17.0 Å². The third-order valence-corrected chi connectivity index (χ3v) is 4.88. The first-order valence-corrected chi connectivity index (χ1v) is 7.93. The van der Waals surface area contributed by atoms with E-state index >= 15 is 0 Å². The van der Waals surface area contributed by atoms with Crippen LogP contribution in [-0.2, 0) is 10.2 Å². The maximum Gasteiger partial charge on any atom is 0.303 e. The number of nitrogens with zero attached hydrogens (tertiary/aromatic N) is 1. The number of hydrogen-bond acceptors (Lipinski definition) is 1. The molecular formula is C18H26NO2+. The number of para-hydroxylation sites is 1. The monoisotopic (exact) mass is 288 g/mol. The van der Waals surface area contributed by atoms with Crippen molar-refractivity contribution in [1.82, 2.24) is 0 Å². The number of aliphatic carboxylic acids is 1. The number of fused-ring (bicyclic) bond motifs is 1. The molecular weight excluding hydrogens is 262 g/mol. The number of carbonyl (C=O) groups is 1. The van der Waals surface area contributed by atoms with E-state index in [-0.39, 0.29) is 11.8 Å². The Balaban J connectivity index is 2.10. The smallest absolute Gasteiger partial charge is 0.303 e. The van der Waals surface area contributed by atoms with Crippen molar-refractivity contribution in [3.63, 3.8) is 0 Å². The van der Waals surface area contributed by atoms with Crippen LogP contribution in [0.15, 0.2) is 24.3 Å². The highest BCUT2D eigenvalue weighted by molar-refractivity contribution is 5.93. The summed E-state index contributed by atoms with van der Waals surface area (Å²) >= 11 is 0. The van der Waals surface area contributed by atoms with Crippen molar-refractivity contribution in [3.8, 4) is 0 Å². The van der Waals surface area contributed by atoms with Gasteiger partial charge in [-0.05, 0) is 26.7 Å². The van der Waals surface area contributed by atoms with Crippen molar-refractivity contribution in [2.24, 2.45) is 0 Å². The molecule has 0 saturated heterocycles. The number of hydrogen-bond donors (Lipinski definition) is 1. The first kappa shape index (κ1) is 15.7. The van der Waals surface area contributed by atoms with E-state index in [1.807, 2.05) is 0 Å². The molecule has 0 bridgehead atoms. The third kappa shape index (κ3) is 3.02. The lowest BCUT2D eigenvalue weighted by Crippen LogP contribution is -2.30. The summed E-state index contributed by atoms with van der Waals surface area (Å²) in [5.41, 5.74) is 4.27. The molecule has 1 unspecified atom stereocenters. The van der Waals surface area contributed by atoms with Gasteiger partial charge in [0.15, 0.2) is 5.71 Å². The average Bonchev–Trinajstić information content (AvgIpc) is 2.67. The Labute approximate surface area is 127 Å². The minimum atomic E-state index is -0.688. The van der Waals surface area contributed by atoms with Crippen molar-refractivity contribution < 1.29 is 14.5 Å². The van der Waals surface area contributed by atoms with Gasteiger partial charge in [-0.2, -0.15) is 4.58 Å². The Morgan fingerprint density at radius 2 is 1.95 bits per heavy atom. The average molecular weight is 288 g/mol. The van der Waals surface area contributed by atoms with Crippen molar-refractivity contribution in [2.75, 3.05) is 6.54 Å². The Bertz CT molecular complexity index is 562. The molecule has 1 aromatic carbocycles. The van der Waals surface area contributed by atoms with Crippen LogP contribution in [0.5, 0.6) is 0 Å². The second kappa shape index (κ2) is 6.42. The van der Waals surface area contributed by atoms with Gasteiger partial charge in [0.25, 0.3) is 0 Å². The van der Waals surface area contributed by atoms with Crippen molar-refractivity contribution in [1.29, 1.82) is 0 Å². The van der Waals surface area contributed by atoms with Crippen LogP contribution in [0.3, 0.4) is 0 Å². The van der Waals surface area contributed by atoms with Crippen LogP contribution in [0.1, 0.15) is 58.4 Å². The molecule has 1 heterocycles. The van der Waals surface area contributed by atoms with Crippen LogP contribution in [0.4, 0.5) is 5.69 Å². The molecule has 0 aliphatic carbocycles. The van der Waals surface area contributed by atoms with Crippen LogP contribution in [0, 0.1) is 0 Å². The highest BCUT2D eigenvalue weighted by Gasteiger charge is 2.45. The molecule has 1 aromatic rings. The fourth-order valence-corrected chi connectivity index (χ4v) is 3.50. The minimum Gasteiger partial charge on any atom is -0.481 e. The molecule has 3 nitrogen and oxygen atoms in total. The van der Waals surface area contributed by atoms with Crippen LogP contribution in [-0.4, -0.2) is 27.9 Å². The maximum absolute atomic E-state index is 10.6. The molecule has 1 atom stereocenters. The fraction of sp³-hybridized carbons (Fsp3) is 0.556. The molecule has 114 valence electrons. The van der Waals surface area contributed by atoms with Gasteiger partial charge in [-0.3, -0.25) is 4.79 Å². The summed E-state index contributed by atoms with van der Waals surface area (Å²) in [6.45, 7) is 7.76. The Kier molecular flexibility index (Phi) is 4.81. The standard InChI is InChI=1S/C18H25NO2/c1-4-19-14(2)18(3,13-9-5-6-12-17(20)21)15-10-7-8-11-16(15)19/h7-8,10-11H,4-6,9,12-13H2,1-3H3/p+1. The predicted octanol–water partition coefficient (Wildman–Crippen LogP) is 4.12. The van der Waals surface area contributed by atoms with E-state index < -0.39 is 5.97 Å². The number of carboxylic acids is 1. The first-order valence-electron chi connectivity index (χ1n) is 7.93. The van der Waals surface area contributed by atoms with Gasteiger partial charge in [0.05, 0.1) is 5.41 Å². The van der Waals surface area contributed by atoms with Gasteiger partial charge < -0.3 is 5.11 Å². The van der Waals surface area contributed by atoms with Gasteiger partial charge in [0.2, 0.25) is 5.69 Å². The molecule has 0 radical (unpaired) electrons. The summed E-state index contributed by atoms with van der Waals surface area (Å²) < 4.78 is 2.41. The van der Waals surface area contributed by atoms with Crippen molar-refractivity contribution in [3.05, 3.63) is 29.8 Å². The minimum absolute atomic E-state index is 0.0931. The van der Waals surface area contributed by atoms with E-state index in [0.29, 0.717) is 0 Å². The summed E-state index contributed by atoms with van der Waals surface area (Å²) in [5, 5.41) is 8.70. The normalized spacial score (nSPS) is 20.7. The fourth-order valence-electron chi connectivity index (χ4n) is 3.50. The Morgan fingerprint density at radius 1 is 1.24 bits per heavy atom. The predicted molar refractivity (Wildman–Crippen MR) is 85.7 cm³/mol. The third-order valence-electron chi connectivity index (χ3n) is 4.88. The molecule has 21 heavy (non-hydrogen) atoms. The summed E-state index contributed by atoms with van der Waals surface area (Å²) in [6, 6.07) is 8.67. The van der Waals surface area contributed by atoms with Crippen molar-refractivity contribution >= 4 is 17.4 Å². The number of unbranched alkanes of at least 4 members (excludes halogenated alkanes) is 2. The van der Waals surface area contributed by atoms with Gasteiger partial charge in [0.1, 0.15) is 6.54 Å². The number of carboxylic acid groups (broad SMARTS) is 1. The van der Waals surface area contributed by atoms with E-state index in [2.05, 4.69) is 49.6 Å². The molecule has 0 fully saturated rings. The van der Waals surface area contributed by atoms with Crippen LogP contribution in [0.25, 0.3) is 0 Å². The van der Waals surface area contributed by atoms with E-state index in [1.54, 1.807) is 0 Å². The largest absolute Gasteiger partial charge is 0.481 e. The zero-order valence-electron chi connectivity index (χ0n) is 13.4. The zero-order valence-corrected chi connectivity index (χ0v) is 13.4. The lowest BCUT2D eigenvalue weighted by molar-refractivity contribution is -0.434. The SMILES string of the molecule is CC[N+]1=C(C)C(C)(CCCCCC(=O)O)c2ccccc21.